The van der Waals surface area contributed by atoms with Crippen molar-refractivity contribution in [2.75, 3.05) is 32.7 Å². The first-order chi connectivity index (χ1) is 18.4. The molecule has 0 radical (unpaired) electrons. The number of alkyl halides is 1. The number of nitrogens with one attached hydrogen (secondary N) is 1. The van der Waals surface area contributed by atoms with Gasteiger partial charge < -0.3 is 28.5 Å². The maximum atomic E-state index is 16.0. The number of ether oxygens (including phenoxy) is 2. The number of hydrogen-bond acceptors (Lipinski definition) is 11. The monoisotopic (exact) mass is 582 g/mol. The average molecular weight is 583 g/mol. The average Bonchev–Trinajstić information content (AvgIpc) is 3.39. The number of nitrogens with zero attached hydrogens (tertiary/aromatic N) is 5. The zero-order chi connectivity index (χ0) is 28.5. The Bertz CT molecular complexity index is 1380. The molecule has 3 aromatic rings. The maximum Gasteiger partial charge on any atom is 0.323 e. The quantitative estimate of drug-likeness (QED) is 0.269. The second kappa shape index (κ2) is 11.4. The largest absolute Gasteiger partial charge is 0.468 e. The molecule has 1 unspecified atom stereocenters. The van der Waals surface area contributed by atoms with E-state index in [0.29, 0.717) is 28.6 Å². The van der Waals surface area contributed by atoms with Crippen LogP contribution in [0.5, 0.6) is 5.75 Å². The standard InChI is InChI=1S/C24H32FN6O6PS/c1-14(22(33)34-6)29-38(39,37-16-10-8-7-9-11-16)35-12-17-19(32)24(3,25)23(36-17)31-13-26-18-20(30(4)5)27-15(2)28-21(18)31/h7-11,13-14,17,19,23,32H,12H2,1-6H3,(H,29,39)/t14-,17-,19-,23-,24-,38?/m1/s1. The number of aliphatic hydroxyl groups is 1. The Morgan fingerprint density at radius 3 is 2.69 bits per heavy atom. The lowest BCUT2D eigenvalue weighted by Gasteiger charge is -2.27. The van der Waals surface area contributed by atoms with Crippen molar-refractivity contribution in [3.8, 4) is 5.75 Å². The van der Waals surface area contributed by atoms with Crippen molar-refractivity contribution in [2.24, 2.45) is 0 Å². The van der Waals surface area contributed by atoms with Gasteiger partial charge in [-0.15, -0.1) is 0 Å². The third kappa shape index (κ3) is 6.06. The summed E-state index contributed by atoms with van der Waals surface area (Å²) in [4.78, 5) is 27.1. The molecule has 0 bridgehead atoms. The summed E-state index contributed by atoms with van der Waals surface area (Å²) in [5.41, 5.74) is -1.42. The van der Waals surface area contributed by atoms with Crippen LogP contribution >= 0.6 is 6.64 Å². The van der Waals surface area contributed by atoms with Gasteiger partial charge in [0.25, 0.3) is 0 Å². The molecule has 212 valence electrons. The number of aliphatic hydroxyl groups excluding tert-OH is 1. The predicted octanol–water partition coefficient (Wildman–Crippen LogP) is 2.66. The van der Waals surface area contributed by atoms with E-state index < -0.39 is 42.8 Å². The van der Waals surface area contributed by atoms with Gasteiger partial charge in [-0.05, 0) is 44.7 Å². The first-order valence-corrected chi connectivity index (χ1v) is 14.8. The van der Waals surface area contributed by atoms with Crippen LogP contribution in [0.1, 0.15) is 25.9 Å². The number of esters is 1. The molecule has 15 heteroatoms. The first-order valence-electron chi connectivity index (χ1n) is 12.1. The Hall–Kier alpha value is -2.74. The molecule has 1 aliphatic rings. The molecular weight excluding hydrogens is 550 g/mol. The van der Waals surface area contributed by atoms with Crippen molar-refractivity contribution in [3.63, 3.8) is 0 Å². The van der Waals surface area contributed by atoms with Gasteiger partial charge >= 0.3 is 12.6 Å². The molecule has 0 amide bonds. The Balaban J connectivity index is 1.59. The number of halogens is 1. The number of hydrogen-bond donors (Lipinski definition) is 2. The number of imidazole rings is 1. The zero-order valence-electron chi connectivity index (χ0n) is 22.4. The van der Waals surface area contributed by atoms with Crippen molar-refractivity contribution in [2.45, 2.75) is 50.9 Å². The highest BCUT2D eigenvalue weighted by molar-refractivity contribution is 8.09. The fourth-order valence-corrected chi connectivity index (χ4v) is 6.61. The third-order valence-electron chi connectivity index (χ3n) is 6.19. The van der Waals surface area contributed by atoms with Gasteiger partial charge in [0.15, 0.2) is 28.9 Å². The minimum absolute atomic E-state index is 0.328. The summed E-state index contributed by atoms with van der Waals surface area (Å²) in [5, 5.41) is 13.8. The summed E-state index contributed by atoms with van der Waals surface area (Å²) in [6.07, 6.45) is -2.58. The van der Waals surface area contributed by atoms with Crippen LogP contribution in [-0.2, 0) is 30.6 Å². The number of carbonyl (C=O) groups excluding carboxylic acids is 1. The van der Waals surface area contributed by atoms with Crippen LogP contribution < -0.4 is 14.5 Å². The van der Waals surface area contributed by atoms with Crippen molar-refractivity contribution in [3.05, 3.63) is 42.5 Å². The number of fused-ring (bicyclic) bond motifs is 1. The normalized spacial score (nSPS) is 25.3. The van der Waals surface area contributed by atoms with Gasteiger partial charge in [-0.3, -0.25) is 9.36 Å². The fourth-order valence-electron chi connectivity index (χ4n) is 4.19. The first kappa shape index (κ1) is 29.2. The highest BCUT2D eigenvalue weighted by Gasteiger charge is 2.56. The van der Waals surface area contributed by atoms with E-state index in [9.17, 15) is 9.90 Å². The molecule has 4 rings (SSSR count). The van der Waals surface area contributed by atoms with Gasteiger partial charge in [0, 0.05) is 14.1 Å². The summed E-state index contributed by atoms with van der Waals surface area (Å²) >= 11 is 5.66. The molecule has 39 heavy (non-hydrogen) atoms. The molecule has 3 heterocycles. The molecule has 6 atom stereocenters. The number of aromatic nitrogens is 4. The molecule has 2 N–H and O–H groups in total. The van der Waals surface area contributed by atoms with Crippen LogP contribution in [0.4, 0.5) is 10.2 Å². The Morgan fingerprint density at radius 2 is 2.05 bits per heavy atom. The van der Waals surface area contributed by atoms with Gasteiger partial charge in [-0.25, -0.2) is 24.4 Å². The Labute approximate surface area is 230 Å². The Morgan fingerprint density at radius 1 is 1.36 bits per heavy atom. The molecular formula is C24H32FN6O6PS. The second-order valence-corrected chi connectivity index (χ2v) is 12.6. The Kier molecular flexibility index (Phi) is 8.55. The minimum atomic E-state index is -3.40. The molecule has 2 aromatic heterocycles. The van der Waals surface area contributed by atoms with E-state index in [1.54, 1.807) is 49.1 Å². The van der Waals surface area contributed by atoms with Gasteiger partial charge in [0.1, 0.15) is 29.8 Å². The zero-order valence-corrected chi connectivity index (χ0v) is 24.1. The number of benzene rings is 1. The van der Waals surface area contributed by atoms with Crippen molar-refractivity contribution < 1.29 is 32.8 Å². The summed E-state index contributed by atoms with van der Waals surface area (Å²) in [7, 11) is 4.89. The molecule has 1 saturated heterocycles. The predicted molar refractivity (Wildman–Crippen MR) is 146 cm³/mol. The van der Waals surface area contributed by atoms with Crippen LogP contribution in [0, 0.1) is 6.92 Å². The molecule has 1 aromatic carbocycles. The van der Waals surface area contributed by atoms with E-state index in [1.165, 1.54) is 24.9 Å². The van der Waals surface area contributed by atoms with Crippen LogP contribution in [0.25, 0.3) is 11.2 Å². The SMILES string of the molecule is COC(=O)[C@@H](C)NP(=S)(OC[C@H]1O[C@@H](n2cnc3c(N(C)C)nc(C)nc32)[C@](C)(F)[C@@H]1O)Oc1ccccc1. The lowest BCUT2D eigenvalue weighted by atomic mass is 9.98. The molecule has 12 nitrogen and oxygen atoms in total. The van der Waals surface area contributed by atoms with Crippen LogP contribution in [-0.4, -0.2) is 82.3 Å². The maximum absolute atomic E-state index is 16.0. The number of rotatable bonds is 10. The number of methoxy groups -OCH3 is 1. The van der Waals surface area contributed by atoms with E-state index in [4.69, 9.17) is 30.3 Å². The van der Waals surface area contributed by atoms with E-state index in [-0.39, 0.29) is 6.61 Å². The molecule has 0 aliphatic carbocycles. The fraction of sp³-hybridized carbons (Fsp3) is 0.500. The van der Waals surface area contributed by atoms with Crippen molar-refractivity contribution in [1.82, 2.24) is 24.6 Å². The summed E-state index contributed by atoms with van der Waals surface area (Å²) in [6, 6.07) is 7.82. The summed E-state index contributed by atoms with van der Waals surface area (Å²) in [5.74, 6) is 0.874. The van der Waals surface area contributed by atoms with Crippen LogP contribution in [0.3, 0.4) is 0 Å². The van der Waals surface area contributed by atoms with Gasteiger partial charge in [0.2, 0.25) is 0 Å². The van der Waals surface area contributed by atoms with Crippen LogP contribution in [0.15, 0.2) is 36.7 Å². The van der Waals surface area contributed by atoms with E-state index in [0.717, 1.165) is 0 Å². The van der Waals surface area contributed by atoms with E-state index in [2.05, 4.69) is 20.0 Å². The molecule has 0 saturated carbocycles. The number of aryl methyl sites for hydroxylation is 1. The smallest absolute Gasteiger partial charge is 0.323 e. The van der Waals surface area contributed by atoms with E-state index in [1.807, 2.05) is 14.1 Å². The molecule has 0 spiro atoms. The summed E-state index contributed by atoms with van der Waals surface area (Å²) < 4.78 is 40.1. The molecule has 1 aliphatic heterocycles. The highest BCUT2D eigenvalue weighted by Crippen LogP contribution is 2.48. The topological polar surface area (TPSA) is 133 Å². The minimum Gasteiger partial charge on any atom is -0.468 e. The summed E-state index contributed by atoms with van der Waals surface area (Å²) in [6.45, 7) is 0.782. The highest BCUT2D eigenvalue weighted by atomic mass is 32.5. The van der Waals surface area contributed by atoms with Gasteiger partial charge in [0.05, 0.1) is 20.0 Å². The number of para-hydroxylation sites is 1. The number of carbonyl (C=O) groups is 1. The second-order valence-electron chi connectivity index (χ2n) is 9.51. The lowest BCUT2D eigenvalue weighted by Crippen LogP contribution is -2.41. The molecule has 1 fully saturated rings. The van der Waals surface area contributed by atoms with Crippen molar-refractivity contribution >= 4 is 41.4 Å². The van der Waals surface area contributed by atoms with E-state index >= 15 is 4.39 Å². The van der Waals surface area contributed by atoms with Gasteiger partial charge in [-0.1, -0.05) is 18.2 Å². The third-order valence-corrected chi connectivity index (χ3v) is 8.69. The lowest BCUT2D eigenvalue weighted by molar-refractivity contribution is -0.142. The van der Waals surface area contributed by atoms with Crippen molar-refractivity contribution in [1.29, 1.82) is 0 Å². The number of anilines is 1. The van der Waals surface area contributed by atoms with Gasteiger partial charge in [-0.2, -0.15) is 0 Å². The van der Waals surface area contributed by atoms with Crippen LogP contribution in [0.2, 0.25) is 0 Å².